The Labute approximate surface area is 77.2 Å². The molecule has 1 atom stereocenters. The van der Waals surface area contributed by atoms with E-state index in [1.165, 1.54) is 0 Å². The Morgan fingerprint density at radius 3 is 1.50 bits per heavy atom. The third-order valence-corrected chi connectivity index (χ3v) is 9.74. The van der Waals surface area contributed by atoms with Crippen LogP contribution in [0.5, 0.6) is 0 Å². The topological polar surface area (TPSA) is 46.2 Å². The fraction of sp³-hybridized carbons (Fsp3) is 1.00. The predicted octanol–water partition coefficient (Wildman–Crippen LogP) is 2.09. The molecule has 3 heteroatoms. The molecule has 0 saturated carbocycles. The van der Waals surface area contributed by atoms with Gasteiger partial charge in [-0.15, -0.1) is 0 Å². The molecule has 12 heavy (non-hydrogen) atoms. The third-order valence-electron chi connectivity index (χ3n) is 3.49. The second-order valence-corrected chi connectivity index (χ2v) is 9.17. The van der Waals surface area contributed by atoms with E-state index in [0.717, 1.165) is 18.1 Å². The average molecular weight is 189 g/mol. The maximum Gasteiger partial charge on any atom is 0.108 e. The Kier molecular flexibility index (Phi) is 4.44. The van der Waals surface area contributed by atoms with E-state index in [2.05, 4.69) is 20.8 Å². The smallest absolute Gasteiger partial charge is 0.108 e. The summed E-state index contributed by atoms with van der Waals surface area (Å²) in [6, 6.07) is 3.25. The molecular weight excluding hydrogens is 166 g/mol. The molecule has 0 saturated heterocycles. The molecule has 3 N–H and O–H groups in total. The summed E-state index contributed by atoms with van der Waals surface area (Å²) in [5.74, 6) is 0. The lowest BCUT2D eigenvalue weighted by molar-refractivity contribution is 0.115. The molecule has 74 valence electrons. The molecule has 0 spiro atoms. The maximum atomic E-state index is 10.1. The first-order valence-electron chi connectivity index (χ1n) is 5.00. The molecule has 0 bridgehead atoms. The largest absolute Gasteiger partial charge is 0.380 e. The SMILES string of the molecule is CCC(N)(O)[Si](CC)(CC)CC. The standard InChI is InChI=1S/C9H23NOSi/c1-5-9(10,11)12(6-2,7-3)8-4/h11H,5-8,10H2,1-4H3. The molecule has 0 aromatic heterocycles. The summed E-state index contributed by atoms with van der Waals surface area (Å²) >= 11 is 0. The van der Waals surface area contributed by atoms with E-state index >= 15 is 0 Å². The van der Waals surface area contributed by atoms with Crippen molar-refractivity contribution in [1.82, 2.24) is 0 Å². The minimum Gasteiger partial charge on any atom is -0.380 e. The zero-order valence-electron chi connectivity index (χ0n) is 8.85. The molecule has 0 fully saturated rings. The summed E-state index contributed by atoms with van der Waals surface area (Å²) in [6.45, 7) is 8.45. The second kappa shape index (κ2) is 4.39. The molecule has 0 radical (unpaired) electrons. The van der Waals surface area contributed by atoms with Crippen molar-refractivity contribution in [3.8, 4) is 0 Å². The highest BCUT2D eigenvalue weighted by atomic mass is 28.3. The normalized spacial score (nSPS) is 17.5. The number of rotatable bonds is 5. The lowest BCUT2D eigenvalue weighted by Gasteiger charge is -2.41. The minimum absolute atomic E-state index is 0.689. The van der Waals surface area contributed by atoms with E-state index in [9.17, 15) is 5.11 Å². The molecule has 0 aliphatic rings. The summed E-state index contributed by atoms with van der Waals surface area (Å²) in [7, 11) is -1.61. The van der Waals surface area contributed by atoms with Gasteiger partial charge in [0.2, 0.25) is 0 Å². The number of aliphatic hydroxyl groups is 1. The Morgan fingerprint density at radius 2 is 1.42 bits per heavy atom. The predicted molar refractivity (Wildman–Crippen MR) is 56.6 cm³/mol. The van der Waals surface area contributed by atoms with E-state index < -0.39 is 13.4 Å². The van der Waals surface area contributed by atoms with Gasteiger partial charge in [-0.25, -0.2) is 0 Å². The Hall–Kier alpha value is 0.137. The first-order valence-corrected chi connectivity index (χ1v) is 7.63. The van der Waals surface area contributed by atoms with Crippen LogP contribution in [0.15, 0.2) is 0 Å². The van der Waals surface area contributed by atoms with Crippen LogP contribution in [0.1, 0.15) is 34.1 Å². The van der Waals surface area contributed by atoms with Gasteiger partial charge in [0.05, 0.1) is 5.35 Å². The highest BCUT2D eigenvalue weighted by molar-refractivity contribution is 6.82. The van der Waals surface area contributed by atoms with Crippen molar-refractivity contribution in [2.24, 2.45) is 5.73 Å². The monoisotopic (exact) mass is 189 g/mol. The zero-order valence-corrected chi connectivity index (χ0v) is 9.85. The maximum absolute atomic E-state index is 10.1. The summed E-state index contributed by atoms with van der Waals surface area (Å²) < 4.78 is 0. The van der Waals surface area contributed by atoms with Crippen molar-refractivity contribution in [3.63, 3.8) is 0 Å². The first-order chi connectivity index (χ1) is 5.49. The highest BCUT2D eigenvalue weighted by Crippen LogP contribution is 2.30. The summed E-state index contributed by atoms with van der Waals surface area (Å²) in [4.78, 5) is 0. The Balaban J connectivity index is 4.69. The van der Waals surface area contributed by atoms with Crippen LogP contribution < -0.4 is 5.73 Å². The Bertz CT molecular complexity index is 124. The van der Waals surface area contributed by atoms with Crippen molar-refractivity contribution in [2.75, 3.05) is 0 Å². The van der Waals surface area contributed by atoms with Gasteiger partial charge in [-0.05, 0) is 6.42 Å². The van der Waals surface area contributed by atoms with Gasteiger partial charge in [0, 0.05) is 0 Å². The highest BCUT2D eigenvalue weighted by Gasteiger charge is 2.44. The van der Waals surface area contributed by atoms with Gasteiger partial charge in [0.25, 0.3) is 0 Å². The van der Waals surface area contributed by atoms with Gasteiger partial charge in [-0.3, -0.25) is 0 Å². The molecule has 1 unspecified atom stereocenters. The van der Waals surface area contributed by atoms with Crippen LogP contribution in [-0.2, 0) is 0 Å². The van der Waals surface area contributed by atoms with Crippen molar-refractivity contribution in [1.29, 1.82) is 0 Å². The van der Waals surface area contributed by atoms with E-state index in [1.54, 1.807) is 0 Å². The van der Waals surface area contributed by atoms with Crippen molar-refractivity contribution < 1.29 is 5.11 Å². The lowest BCUT2D eigenvalue weighted by atomic mass is 10.4. The first kappa shape index (κ1) is 12.1. The molecule has 0 aliphatic carbocycles. The van der Waals surface area contributed by atoms with Crippen molar-refractivity contribution in [3.05, 3.63) is 0 Å². The van der Waals surface area contributed by atoms with E-state index in [4.69, 9.17) is 5.73 Å². The van der Waals surface area contributed by atoms with Crippen LogP contribution in [0.25, 0.3) is 0 Å². The molecule has 0 heterocycles. The van der Waals surface area contributed by atoms with Gasteiger partial charge in [0.15, 0.2) is 0 Å². The molecule has 0 aromatic rings. The van der Waals surface area contributed by atoms with Crippen LogP contribution in [0, 0.1) is 0 Å². The van der Waals surface area contributed by atoms with Gasteiger partial charge in [-0.1, -0.05) is 45.8 Å². The third kappa shape index (κ3) is 1.89. The second-order valence-electron chi connectivity index (χ2n) is 3.62. The van der Waals surface area contributed by atoms with E-state index in [0.29, 0.717) is 6.42 Å². The molecule has 0 rings (SSSR count). The number of nitrogens with two attached hydrogens (primary N) is 1. The van der Waals surface area contributed by atoms with Crippen LogP contribution in [0.4, 0.5) is 0 Å². The molecule has 2 nitrogen and oxygen atoms in total. The number of hydrogen-bond donors (Lipinski definition) is 2. The number of hydrogen-bond acceptors (Lipinski definition) is 2. The van der Waals surface area contributed by atoms with Gasteiger partial charge in [-0.2, -0.15) is 0 Å². The molecular formula is C9H23NOSi. The molecule has 0 aliphatic heterocycles. The van der Waals surface area contributed by atoms with Crippen molar-refractivity contribution >= 4 is 8.07 Å². The van der Waals surface area contributed by atoms with Gasteiger partial charge in [0.1, 0.15) is 8.07 Å². The Morgan fingerprint density at radius 1 is 1.08 bits per heavy atom. The van der Waals surface area contributed by atoms with Crippen LogP contribution in [0.3, 0.4) is 0 Å². The quantitative estimate of drug-likeness (QED) is 0.514. The van der Waals surface area contributed by atoms with Crippen LogP contribution in [-0.4, -0.2) is 18.5 Å². The van der Waals surface area contributed by atoms with Crippen LogP contribution in [0.2, 0.25) is 18.1 Å². The zero-order chi connectivity index (χ0) is 9.83. The van der Waals surface area contributed by atoms with Crippen LogP contribution >= 0.6 is 0 Å². The fourth-order valence-electron chi connectivity index (χ4n) is 2.04. The lowest BCUT2D eigenvalue weighted by Crippen LogP contribution is -2.63. The molecule has 0 amide bonds. The average Bonchev–Trinajstić information content (AvgIpc) is 2.08. The van der Waals surface area contributed by atoms with E-state index in [1.807, 2.05) is 6.92 Å². The summed E-state index contributed by atoms with van der Waals surface area (Å²) in [5.41, 5.74) is 5.94. The summed E-state index contributed by atoms with van der Waals surface area (Å²) in [5, 5.41) is 9.22. The van der Waals surface area contributed by atoms with Gasteiger partial charge >= 0.3 is 0 Å². The minimum atomic E-state index is -1.61. The van der Waals surface area contributed by atoms with Gasteiger partial charge < -0.3 is 10.8 Å². The van der Waals surface area contributed by atoms with E-state index in [-0.39, 0.29) is 0 Å². The van der Waals surface area contributed by atoms with Crippen molar-refractivity contribution in [2.45, 2.75) is 57.6 Å². The summed E-state index contributed by atoms with van der Waals surface area (Å²) in [6.07, 6.45) is 0.689. The fourth-order valence-corrected chi connectivity index (χ4v) is 6.13. The molecule has 0 aromatic carbocycles.